The summed E-state index contributed by atoms with van der Waals surface area (Å²) >= 11 is 0. The highest BCUT2D eigenvalue weighted by molar-refractivity contribution is 6.63. The number of hydrogen-bond acceptors (Lipinski definition) is 5. The average molecular weight is 194 g/mol. The molecule has 0 aliphatic heterocycles. The van der Waals surface area contributed by atoms with Gasteiger partial charge in [0.05, 0.1) is 7.11 Å². The molecular weight excluding hydrogens is 180 g/mol. The van der Waals surface area contributed by atoms with Gasteiger partial charge in [-0.2, -0.15) is 0 Å². The van der Waals surface area contributed by atoms with Gasteiger partial charge in [0.2, 0.25) is 0 Å². The molecule has 72 valence electrons. The van der Waals surface area contributed by atoms with Crippen LogP contribution in [0.3, 0.4) is 0 Å². The zero-order valence-electron chi connectivity index (χ0n) is 7.75. The normalized spacial score (nSPS) is 11.3. The first-order valence-corrected chi connectivity index (χ1v) is 5.29. The minimum atomic E-state index is -2.78. The van der Waals surface area contributed by atoms with Crippen LogP contribution >= 0.6 is 0 Å². The van der Waals surface area contributed by atoms with E-state index < -0.39 is 14.8 Å². The maximum atomic E-state index is 10.9. The molecule has 0 fully saturated rings. The molecule has 0 saturated heterocycles. The fourth-order valence-electron chi connectivity index (χ4n) is 0.715. The Morgan fingerprint density at radius 2 is 1.50 bits per heavy atom. The second-order valence-electron chi connectivity index (χ2n) is 2.05. The Balaban J connectivity index is 4.19. The van der Waals surface area contributed by atoms with Crippen molar-refractivity contribution in [3.8, 4) is 0 Å². The molecule has 0 amide bonds. The van der Waals surface area contributed by atoms with E-state index in [4.69, 9.17) is 13.3 Å². The first kappa shape index (κ1) is 11.6. The summed E-state index contributed by atoms with van der Waals surface area (Å²) in [4.78, 5) is 10.9. The molecule has 0 N–H and O–H groups in total. The molecule has 12 heavy (non-hydrogen) atoms. The van der Waals surface area contributed by atoms with Gasteiger partial charge in [-0.1, -0.05) is 0 Å². The maximum absolute atomic E-state index is 10.9. The molecule has 0 unspecified atom stereocenters. The summed E-state index contributed by atoms with van der Waals surface area (Å²) in [5, 5.41) is 0. The number of methoxy groups -OCH3 is 1. The van der Waals surface area contributed by atoms with Crippen LogP contribution in [0.25, 0.3) is 0 Å². The van der Waals surface area contributed by atoms with Crippen molar-refractivity contribution in [2.45, 2.75) is 6.04 Å². The molecule has 6 heteroatoms. The van der Waals surface area contributed by atoms with Gasteiger partial charge >= 0.3 is 14.8 Å². The lowest BCUT2D eigenvalue weighted by atomic mass is 10.8. The first-order valence-electron chi connectivity index (χ1n) is 3.36. The van der Waals surface area contributed by atoms with Crippen molar-refractivity contribution in [3.05, 3.63) is 0 Å². The van der Waals surface area contributed by atoms with Gasteiger partial charge in [0.25, 0.3) is 0 Å². The van der Waals surface area contributed by atoms with Gasteiger partial charge in [0.15, 0.2) is 0 Å². The summed E-state index contributed by atoms with van der Waals surface area (Å²) in [7, 11) is 2.87. The van der Waals surface area contributed by atoms with E-state index in [0.717, 1.165) is 0 Å². The monoisotopic (exact) mass is 194 g/mol. The number of hydrogen-bond donors (Lipinski definition) is 0. The molecule has 0 aromatic rings. The van der Waals surface area contributed by atoms with Crippen LogP contribution in [-0.4, -0.2) is 43.2 Å². The Morgan fingerprint density at radius 1 is 1.08 bits per heavy atom. The summed E-state index contributed by atoms with van der Waals surface area (Å²) in [6.07, 6.45) is 0. The van der Waals surface area contributed by atoms with E-state index in [9.17, 15) is 4.79 Å². The van der Waals surface area contributed by atoms with Crippen molar-refractivity contribution in [2.75, 3.05) is 28.4 Å². The standard InChI is InChI=1S/C6H14O5Si/c1-8-6(7)5-12(9-2,10-3)11-4/h5H2,1-4H3. The molecule has 0 aliphatic rings. The van der Waals surface area contributed by atoms with Gasteiger partial charge < -0.3 is 18.0 Å². The Morgan fingerprint density at radius 3 is 1.75 bits per heavy atom. The largest absolute Gasteiger partial charge is 0.511 e. The van der Waals surface area contributed by atoms with E-state index in [0.29, 0.717) is 0 Å². The maximum Gasteiger partial charge on any atom is 0.511 e. The van der Waals surface area contributed by atoms with Crippen molar-refractivity contribution >= 4 is 14.8 Å². The number of rotatable bonds is 5. The Bertz CT molecular complexity index is 137. The van der Waals surface area contributed by atoms with Crippen molar-refractivity contribution in [3.63, 3.8) is 0 Å². The van der Waals surface area contributed by atoms with Crippen LogP contribution in [0.5, 0.6) is 0 Å². The Kier molecular flexibility index (Phi) is 5.06. The van der Waals surface area contributed by atoms with E-state index in [2.05, 4.69) is 4.74 Å². The summed E-state index contributed by atoms with van der Waals surface area (Å²) in [6.45, 7) is 0. The molecule has 0 saturated carbocycles. The highest BCUT2D eigenvalue weighted by atomic mass is 28.4. The SMILES string of the molecule is COC(=O)C[Si](OC)(OC)OC. The Hall–Kier alpha value is -0.433. The molecule has 0 aromatic heterocycles. The van der Waals surface area contributed by atoms with E-state index in [1.807, 2.05) is 0 Å². The van der Waals surface area contributed by atoms with Crippen LogP contribution in [0.4, 0.5) is 0 Å². The van der Waals surface area contributed by atoms with Gasteiger partial charge in [-0.05, 0) is 0 Å². The third-order valence-electron chi connectivity index (χ3n) is 1.52. The quantitative estimate of drug-likeness (QED) is 0.457. The summed E-state index contributed by atoms with van der Waals surface area (Å²) in [5.74, 6) is -0.396. The van der Waals surface area contributed by atoms with Crippen LogP contribution in [0.2, 0.25) is 6.04 Å². The third kappa shape index (κ3) is 2.90. The van der Waals surface area contributed by atoms with Gasteiger partial charge in [0, 0.05) is 21.3 Å². The van der Waals surface area contributed by atoms with Crippen LogP contribution in [-0.2, 0) is 22.8 Å². The minimum Gasteiger partial charge on any atom is -0.469 e. The van der Waals surface area contributed by atoms with Crippen LogP contribution in [0, 0.1) is 0 Å². The van der Waals surface area contributed by atoms with Crippen LogP contribution < -0.4 is 0 Å². The van der Waals surface area contributed by atoms with Crippen molar-refractivity contribution in [2.24, 2.45) is 0 Å². The van der Waals surface area contributed by atoms with Gasteiger partial charge in [-0.25, -0.2) is 0 Å². The molecule has 0 atom stereocenters. The molecule has 0 rings (SSSR count). The number of carbonyl (C=O) groups excluding carboxylic acids is 1. The highest BCUT2D eigenvalue weighted by Gasteiger charge is 2.41. The molecule has 0 heterocycles. The topological polar surface area (TPSA) is 54.0 Å². The minimum absolute atomic E-state index is 0.0347. The fraction of sp³-hybridized carbons (Fsp3) is 0.833. The van der Waals surface area contributed by atoms with E-state index >= 15 is 0 Å². The van der Waals surface area contributed by atoms with Gasteiger partial charge in [-0.15, -0.1) is 0 Å². The molecule has 5 nitrogen and oxygen atoms in total. The highest BCUT2D eigenvalue weighted by Crippen LogP contribution is 2.12. The number of ether oxygens (including phenoxy) is 1. The summed E-state index contributed by atoms with van der Waals surface area (Å²) < 4.78 is 19.5. The summed E-state index contributed by atoms with van der Waals surface area (Å²) in [6, 6.07) is 0.0347. The number of esters is 1. The van der Waals surface area contributed by atoms with Crippen LogP contribution in [0.15, 0.2) is 0 Å². The van der Waals surface area contributed by atoms with Crippen LogP contribution in [0.1, 0.15) is 0 Å². The zero-order chi connectivity index (χ0) is 9.61. The lowest BCUT2D eigenvalue weighted by Crippen LogP contribution is -2.44. The second-order valence-corrected chi connectivity index (χ2v) is 4.99. The zero-order valence-corrected chi connectivity index (χ0v) is 8.75. The third-order valence-corrected chi connectivity index (χ3v) is 4.11. The smallest absolute Gasteiger partial charge is 0.469 e. The lowest BCUT2D eigenvalue weighted by Gasteiger charge is -2.22. The predicted octanol–water partition coefficient (Wildman–Crippen LogP) is 0.0375. The molecule has 0 spiro atoms. The van der Waals surface area contributed by atoms with Crippen molar-refractivity contribution in [1.29, 1.82) is 0 Å². The van der Waals surface area contributed by atoms with Gasteiger partial charge in [-0.3, -0.25) is 4.79 Å². The Labute approximate surface area is 72.9 Å². The number of carbonyl (C=O) groups is 1. The van der Waals surface area contributed by atoms with E-state index in [1.54, 1.807) is 0 Å². The molecule has 0 radical (unpaired) electrons. The summed E-state index contributed by atoms with van der Waals surface area (Å²) in [5.41, 5.74) is 0. The average Bonchev–Trinajstić information content (AvgIpc) is 2.14. The predicted molar refractivity (Wildman–Crippen MR) is 43.6 cm³/mol. The van der Waals surface area contributed by atoms with E-state index in [1.165, 1.54) is 28.4 Å². The van der Waals surface area contributed by atoms with E-state index in [-0.39, 0.29) is 6.04 Å². The lowest BCUT2D eigenvalue weighted by molar-refractivity contribution is -0.139. The molecule has 0 aromatic carbocycles. The second kappa shape index (κ2) is 5.25. The van der Waals surface area contributed by atoms with Crippen molar-refractivity contribution < 1.29 is 22.8 Å². The molecular formula is C6H14O5Si. The van der Waals surface area contributed by atoms with Gasteiger partial charge in [0.1, 0.15) is 6.04 Å². The fourth-order valence-corrected chi connectivity index (χ4v) is 2.15. The molecule has 0 bridgehead atoms. The first-order chi connectivity index (χ1) is 5.64. The molecule has 0 aliphatic carbocycles. The van der Waals surface area contributed by atoms with Crippen molar-refractivity contribution in [1.82, 2.24) is 0 Å².